The monoisotopic (exact) mass is 268 g/mol. The number of nitrogens with one attached hydrogen (secondary N) is 2. The van der Waals surface area contributed by atoms with E-state index in [9.17, 15) is 0 Å². The van der Waals surface area contributed by atoms with E-state index < -0.39 is 0 Å². The highest BCUT2D eigenvalue weighted by atomic mass is 35.5. The van der Waals surface area contributed by atoms with Crippen molar-refractivity contribution in [2.45, 2.75) is 38.8 Å². The molecule has 0 atom stereocenters. The Bertz CT molecular complexity index is 389. The SMILES string of the molecule is CC(C)Oc1ccc(NC2CCNCC2)cc1Cl. The zero-order chi connectivity index (χ0) is 13.0. The molecule has 0 amide bonds. The van der Waals surface area contributed by atoms with Gasteiger partial charge in [-0.05, 0) is 58.0 Å². The number of hydrogen-bond donors (Lipinski definition) is 2. The molecule has 1 fully saturated rings. The lowest BCUT2D eigenvalue weighted by atomic mass is 10.1. The third kappa shape index (κ3) is 3.79. The number of benzene rings is 1. The summed E-state index contributed by atoms with van der Waals surface area (Å²) in [7, 11) is 0. The first-order valence-electron chi connectivity index (χ1n) is 6.58. The molecule has 2 rings (SSSR count). The first-order chi connectivity index (χ1) is 8.65. The third-order valence-electron chi connectivity index (χ3n) is 3.00. The number of anilines is 1. The second-order valence-corrected chi connectivity index (χ2v) is 5.39. The molecule has 1 heterocycles. The summed E-state index contributed by atoms with van der Waals surface area (Å²) in [5, 5.41) is 7.55. The van der Waals surface area contributed by atoms with Crippen LogP contribution in [-0.2, 0) is 0 Å². The molecule has 0 aliphatic carbocycles. The molecular formula is C14H21ClN2O. The van der Waals surface area contributed by atoms with Gasteiger partial charge in [0.2, 0.25) is 0 Å². The van der Waals surface area contributed by atoms with Gasteiger partial charge in [0, 0.05) is 11.7 Å². The summed E-state index contributed by atoms with van der Waals surface area (Å²) < 4.78 is 5.62. The van der Waals surface area contributed by atoms with Crippen LogP contribution in [0.2, 0.25) is 5.02 Å². The normalized spacial score (nSPS) is 16.9. The van der Waals surface area contributed by atoms with Gasteiger partial charge in [0.05, 0.1) is 11.1 Å². The number of halogens is 1. The standard InChI is InChI=1S/C14H21ClN2O/c1-10(2)18-14-4-3-12(9-13(14)15)17-11-5-7-16-8-6-11/h3-4,9-11,16-17H,5-8H2,1-2H3. The maximum Gasteiger partial charge on any atom is 0.138 e. The maximum absolute atomic E-state index is 6.21. The molecule has 1 aliphatic heterocycles. The van der Waals surface area contributed by atoms with Crippen molar-refractivity contribution in [1.82, 2.24) is 5.32 Å². The minimum atomic E-state index is 0.144. The molecule has 100 valence electrons. The predicted molar refractivity (Wildman–Crippen MR) is 76.7 cm³/mol. The van der Waals surface area contributed by atoms with Crippen LogP contribution < -0.4 is 15.4 Å². The van der Waals surface area contributed by atoms with Gasteiger partial charge in [-0.25, -0.2) is 0 Å². The summed E-state index contributed by atoms with van der Waals surface area (Å²) in [5.74, 6) is 0.752. The summed E-state index contributed by atoms with van der Waals surface area (Å²) in [5.41, 5.74) is 1.07. The average molecular weight is 269 g/mol. The molecule has 1 aromatic carbocycles. The minimum Gasteiger partial charge on any atom is -0.489 e. The molecule has 1 saturated heterocycles. The largest absolute Gasteiger partial charge is 0.489 e. The summed E-state index contributed by atoms with van der Waals surface area (Å²) >= 11 is 6.21. The lowest BCUT2D eigenvalue weighted by Gasteiger charge is -2.25. The number of hydrogen-bond acceptors (Lipinski definition) is 3. The Morgan fingerprint density at radius 3 is 2.67 bits per heavy atom. The molecule has 0 unspecified atom stereocenters. The Hall–Kier alpha value is -0.930. The van der Waals surface area contributed by atoms with Crippen molar-refractivity contribution in [1.29, 1.82) is 0 Å². The zero-order valence-corrected chi connectivity index (χ0v) is 11.8. The van der Waals surface area contributed by atoms with Gasteiger partial charge >= 0.3 is 0 Å². The maximum atomic E-state index is 6.21. The minimum absolute atomic E-state index is 0.144. The van der Waals surface area contributed by atoms with Crippen molar-refractivity contribution >= 4 is 17.3 Å². The van der Waals surface area contributed by atoms with Gasteiger partial charge in [0.1, 0.15) is 5.75 Å². The van der Waals surface area contributed by atoms with E-state index in [0.29, 0.717) is 11.1 Å². The van der Waals surface area contributed by atoms with E-state index in [-0.39, 0.29) is 6.10 Å². The van der Waals surface area contributed by atoms with Crippen LogP contribution in [0.15, 0.2) is 18.2 Å². The molecule has 0 radical (unpaired) electrons. The summed E-state index contributed by atoms with van der Waals surface area (Å²) in [6.45, 7) is 6.16. The molecule has 0 saturated carbocycles. The molecule has 3 nitrogen and oxygen atoms in total. The van der Waals surface area contributed by atoms with Gasteiger partial charge in [-0.15, -0.1) is 0 Å². The smallest absolute Gasteiger partial charge is 0.138 e. The van der Waals surface area contributed by atoms with Crippen molar-refractivity contribution < 1.29 is 4.74 Å². The zero-order valence-electron chi connectivity index (χ0n) is 11.0. The fraction of sp³-hybridized carbons (Fsp3) is 0.571. The summed E-state index contributed by atoms with van der Waals surface area (Å²) in [6.07, 6.45) is 2.45. The number of ether oxygens (including phenoxy) is 1. The van der Waals surface area contributed by atoms with E-state index in [1.54, 1.807) is 0 Å². The highest BCUT2D eigenvalue weighted by Gasteiger charge is 2.13. The second kappa shape index (κ2) is 6.30. The fourth-order valence-electron chi connectivity index (χ4n) is 2.14. The molecule has 0 spiro atoms. The van der Waals surface area contributed by atoms with Crippen molar-refractivity contribution in [2.75, 3.05) is 18.4 Å². The van der Waals surface area contributed by atoms with Crippen molar-refractivity contribution in [3.8, 4) is 5.75 Å². The summed E-state index contributed by atoms with van der Waals surface area (Å²) in [4.78, 5) is 0. The van der Waals surface area contributed by atoms with Crippen LogP contribution in [0.1, 0.15) is 26.7 Å². The number of piperidine rings is 1. The Morgan fingerprint density at radius 2 is 2.06 bits per heavy atom. The van der Waals surface area contributed by atoms with Crippen LogP contribution in [0.5, 0.6) is 5.75 Å². The van der Waals surface area contributed by atoms with Gasteiger partial charge in [-0.1, -0.05) is 11.6 Å². The molecular weight excluding hydrogens is 248 g/mol. The van der Waals surface area contributed by atoms with E-state index in [2.05, 4.69) is 10.6 Å². The van der Waals surface area contributed by atoms with Gasteiger partial charge in [-0.3, -0.25) is 0 Å². The van der Waals surface area contributed by atoms with Crippen LogP contribution in [0.3, 0.4) is 0 Å². The molecule has 0 aromatic heterocycles. The highest BCUT2D eigenvalue weighted by molar-refractivity contribution is 6.32. The Labute approximate surface area is 114 Å². The fourth-order valence-corrected chi connectivity index (χ4v) is 2.37. The first-order valence-corrected chi connectivity index (χ1v) is 6.96. The second-order valence-electron chi connectivity index (χ2n) is 4.98. The lowest BCUT2D eigenvalue weighted by molar-refractivity contribution is 0.242. The van der Waals surface area contributed by atoms with Gasteiger partial charge in [0.15, 0.2) is 0 Å². The first kappa shape index (κ1) is 13.5. The van der Waals surface area contributed by atoms with Gasteiger partial charge in [0.25, 0.3) is 0 Å². The molecule has 2 N–H and O–H groups in total. The van der Waals surface area contributed by atoms with E-state index in [1.807, 2.05) is 32.0 Å². The van der Waals surface area contributed by atoms with Crippen molar-refractivity contribution in [3.05, 3.63) is 23.2 Å². The van der Waals surface area contributed by atoms with E-state index in [1.165, 1.54) is 0 Å². The van der Waals surface area contributed by atoms with Crippen molar-refractivity contribution in [2.24, 2.45) is 0 Å². The van der Waals surface area contributed by atoms with E-state index in [4.69, 9.17) is 16.3 Å². The van der Waals surface area contributed by atoms with Crippen LogP contribution >= 0.6 is 11.6 Å². The van der Waals surface area contributed by atoms with Crippen LogP contribution in [0, 0.1) is 0 Å². The topological polar surface area (TPSA) is 33.3 Å². The molecule has 18 heavy (non-hydrogen) atoms. The quantitative estimate of drug-likeness (QED) is 0.879. The van der Waals surface area contributed by atoms with Crippen LogP contribution in [-0.4, -0.2) is 25.2 Å². The highest BCUT2D eigenvalue weighted by Crippen LogP contribution is 2.29. The summed E-state index contributed by atoms with van der Waals surface area (Å²) in [6, 6.07) is 6.46. The van der Waals surface area contributed by atoms with Crippen molar-refractivity contribution in [3.63, 3.8) is 0 Å². The molecule has 4 heteroatoms. The molecule has 1 aliphatic rings. The Kier molecular flexibility index (Phi) is 4.72. The number of rotatable bonds is 4. The average Bonchev–Trinajstić information content (AvgIpc) is 2.33. The van der Waals surface area contributed by atoms with Gasteiger partial charge < -0.3 is 15.4 Å². The van der Waals surface area contributed by atoms with E-state index >= 15 is 0 Å². The van der Waals surface area contributed by atoms with Crippen LogP contribution in [0.4, 0.5) is 5.69 Å². The Balaban J connectivity index is 1.99. The van der Waals surface area contributed by atoms with Crippen LogP contribution in [0.25, 0.3) is 0 Å². The lowest BCUT2D eigenvalue weighted by Crippen LogP contribution is -2.35. The predicted octanol–water partition coefficient (Wildman–Crippen LogP) is 3.29. The van der Waals surface area contributed by atoms with Gasteiger partial charge in [-0.2, -0.15) is 0 Å². The third-order valence-corrected chi connectivity index (χ3v) is 3.30. The molecule has 1 aromatic rings. The molecule has 0 bridgehead atoms. The Morgan fingerprint density at radius 1 is 1.33 bits per heavy atom. The van der Waals surface area contributed by atoms with E-state index in [0.717, 1.165) is 37.4 Å².